The van der Waals surface area contributed by atoms with E-state index in [0.29, 0.717) is 75.6 Å². The van der Waals surface area contributed by atoms with Crippen LogP contribution in [0.1, 0.15) is 35.7 Å². The van der Waals surface area contributed by atoms with Crippen molar-refractivity contribution >= 4 is 23.1 Å². The average Bonchev–Trinajstić information content (AvgIpc) is 3.11. The third-order valence-electron chi connectivity index (χ3n) is 8.05. The van der Waals surface area contributed by atoms with Crippen LogP contribution >= 0.6 is 0 Å². The first-order chi connectivity index (χ1) is 18.8. The molecule has 0 radical (unpaired) electrons. The van der Waals surface area contributed by atoms with Crippen molar-refractivity contribution in [1.82, 2.24) is 19.8 Å². The van der Waals surface area contributed by atoms with Crippen molar-refractivity contribution in [2.24, 2.45) is 0 Å². The van der Waals surface area contributed by atoms with Gasteiger partial charge in [-0.3, -0.25) is 9.69 Å². The summed E-state index contributed by atoms with van der Waals surface area (Å²) in [5, 5.41) is 3.14. The monoisotopic (exact) mass is 544 g/mol. The van der Waals surface area contributed by atoms with E-state index in [-0.39, 0.29) is 29.9 Å². The minimum Gasteiger partial charge on any atom is -0.484 e. The van der Waals surface area contributed by atoms with E-state index in [4.69, 9.17) is 9.47 Å². The third-order valence-corrected chi connectivity index (χ3v) is 8.05. The molecule has 1 N–H and O–H groups in total. The van der Waals surface area contributed by atoms with Gasteiger partial charge in [0.05, 0.1) is 24.5 Å². The first-order valence-electron chi connectivity index (χ1n) is 13.3. The summed E-state index contributed by atoms with van der Waals surface area (Å²) in [6.07, 6.45) is -0.0156. The van der Waals surface area contributed by atoms with E-state index in [1.807, 2.05) is 6.07 Å². The minimum absolute atomic E-state index is 0.0514. The number of morpholine rings is 1. The second kappa shape index (κ2) is 10.3. The van der Waals surface area contributed by atoms with Crippen LogP contribution in [0.2, 0.25) is 0 Å². The standard InChI is InChI=1S/C27H31F3N6O3/c1-2-23(37)35-7-4-18(5-8-35)36-14-17(15-36)20-13-21-24(25(32-20)27(28,29)30)39-16-19-22(3-6-31-26(19)33-21)34-9-11-38-12-10-34/h2-3,6,13,17-18H,1,4-5,7-12,14-16H2,(H,31,33). The summed E-state index contributed by atoms with van der Waals surface area (Å²) in [5.74, 6) is -0.000237. The van der Waals surface area contributed by atoms with Crippen molar-refractivity contribution in [2.75, 3.05) is 62.7 Å². The zero-order chi connectivity index (χ0) is 27.1. The van der Waals surface area contributed by atoms with E-state index >= 15 is 0 Å². The molecule has 3 fully saturated rings. The van der Waals surface area contributed by atoms with E-state index in [9.17, 15) is 18.0 Å². The van der Waals surface area contributed by atoms with Gasteiger partial charge in [0.2, 0.25) is 5.91 Å². The van der Waals surface area contributed by atoms with Gasteiger partial charge in [-0.15, -0.1) is 0 Å². The highest BCUT2D eigenvalue weighted by molar-refractivity contribution is 5.87. The number of fused-ring (bicyclic) bond motifs is 2. The number of hydrogen-bond donors (Lipinski definition) is 1. The smallest absolute Gasteiger partial charge is 0.437 e. The first kappa shape index (κ1) is 25.9. The molecule has 0 aromatic carbocycles. The number of alkyl halides is 3. The number of ether oxygens (including phenoxy) is 2. The number of likely N-dealkylation sites (tertiary alicyclic amines) is 2. The fraction of sp³-hybridized carbons (Fsp3) is 0.519. The number of halogens is 3. The molecule has 0 spiro atoms. The molecular weight excluding hydrogens is 513 g/mol. The number of anilines is 3. The summed E-state index contributed by atoms with van der Waals surface area (Å²) in [5.41, 5.74) is 1.19. The van der Waals surface area contributed by atoms with Crippen LogP contribution in [0.3, 0.4) is 0 Å². The third kappa shape index (κ3) is 5.03. The zero-order valence-electron chi connectivity index (χ0n) is 21.5. The van der Waals surface area contributed by atoms with Gasteiger partial charge in [-0.2, -0.15) is 13.2 Å². The molecular formula is C27H31F3N6O3. The van der Waals surface area contributed by atoms with Crippen LogP contribution in [0.15, 0.2) is 31.0 Å². The maximum atomic E-state index is 14.2. The van der Waals surface area contributed by atoms with Gasteiger partial charge in [0.1, 0.15) is 12.4 Å². The Morgan fingerprint density at radius 1 is 1.15 bits per heavy atom. The van der Waals surface area contributed by atoms with E-state index < -0.39 is 11.9 Å². The Hall–Kier alpha value is -3.38. The Bertz CT molecular complexity index is 1250. The maximum absolute atomic E-state index is 14.2. The van der Waals surface area contributed by atoms with Gasteiger partial charge in [0.15, 0.2) is 11.4 Å². The number of nitrogens with one attached hydrogen (secondary N) is 1. The van der Waals surface area contributed by atoms with E-state index in [2.05, 4.69) is 31.7 Å². The number of hydrogen-bond acceptors (Lipinski definition) is 8. The van der Waals surface area contributed by atoms with Gasteiger partial charge >= 0.3 is 6.18 Å². The van der Waals surface area contributed by atoms with Crippen LogP contribution in [-0.2, 0) is 22.3 Å². The molecule has 2 aromatic heterocycles. The Morgan fingerprint density at radius 2 is 1.90 bits per heavy atom. The largest absolute Gasteiger partial charge is 0.484 e. The summed E-state index contributed by atoms with van der Waals surface area (Å²) in [7, 11) is 0. The number of rotatable bonds is 4. The van der Waals surface area contributed by atoms with Crippen molar-refractivity contribution < 1.29 is 27.4 Å². The molecule has 0 aliphatic carbocycles. The molecule has 208 valence electrons. The molecule has 4 aliphatic heterocycles. The van der Waals surface area contributed by atoms with Gasteiger partial charge in [-0.1, -0.05) is 6.58 Å². The lowest BCUT2D eigenvalue weighted by Gasteiger charge is -2.47. The van der Waals surface area contributed by atoms with Gasteiger partial charge in [0, 0.05) is 68.8 Å². The second-order valence-corrected chi connectivity index (χ2v) is 10.4. The quantitative estimate of drug-likeness (QED) is 0.586. The molecule has 0 atom stereocenters. The summed E-state index contributed by atoms with van der Waals surface area (Å²) in [6.45, 7) is 8.60. The second-order valence-electron chi connectivity index (χ2n) is 10.4. The first-order valence-corrected chi connectivity index (χ1v) is 13.3. The van der Waals surface area contributed by atoms with Crippen LogP contribution in [0.25, 0.3) is 0 Å². The minimum atomic E-state index is -4.67. The molecule has 6 rings (SSSR count). The van der Waals surface area contributed by atoms with Crippen molar-refractivity contribution in [1.29, 1.82) is 0 Å². The zero-order valence-corrected chi connectivity index (χ0v) is 21.5. The number of carbonyl (C=O) groups is 1. The molecule has 6 heterocycles. The average molecular weight is 545 g/mol. The van der Waals surface area contributed by atoms with E-state index in [0.717, 1.165) is 18.5 Å². The van der Waals surface area contributed by atoms with Gasteiger partial charge in [-0.05, 0) is 31.1 Å². The lowest BCUT2D eigenvalue weighted by atomic mass is 9.90. The van der Waals surface area contributed by atoms with Crippen molar-refractivity contribution in [3.05, 3.63) is 47.9 Å². The van der Waals surface area contributed by atoms with E-state index in [1.165, 1.54) is 6.08 Å². The molecule has 3 saturated heterocycles. The SMILES string of the molecule is C=CC(=O)N1CCC(N2CC(c3cc4c(c(C(F)(F)F)n3)OCc3c(N5CCOCC5)ccnc3N4)C2)CC1. The summed E-state index contributed by atoms with van der Waals surface area (Å²) < 4.78 is 53.9. The Kier molecular flexibility index (Phi) is 6.84. The normalized spacial score (nSPS) is 20.7. The lowest BCUT2D eigenvalue weighted by molar-refractivity contribution is -0.142. The molecule has 0 unspecified atom stereocenters. The van der Waals surface area contributed by atoms with Crippen LogP contribution in [-0.4, -0.2) is 84.2 Å². The number of nitrogens with zero attached hydrogens (tertiary/aromatic N) is 5. The topological polar surface area (TPSA) is 83.1 Å². The van der Waals surface area contributed by atoms with Crippen LogP contribution in [0, 0.1) is 0 Å². The number of carbonyl (C=O) groups excluding carboxylic acids is 1. The van der Waals surface area contributed by atoms with Crippen molar-refractivity contribution in [3.63, 3.8) is 0 Å². The molecule has 1 amide bonds. The van der Waals surface area contributed by atoms with Crippen molar-refractivity contribution in [2.45, 2.75) is 37.6 Å². The maximum Gasteiger partial charge on any atom is 0.437 e. The summed E-state index contributed by atoms with van der Waals surface area (Å²) in [4.78, 5) is 26.6. The fourth-order valence-electron chi connectivity index (χ4n) is 5.88. The van der Waals surface area contributed by atoms with Gasteiger partial charge in [-0.25, -0.2) is 9.97 Å². The van der Waals surface area contributed by atoms with Crippen LogP contribution in [0.4, 0.5) is 30.4 Å². The fourth-order valence-corrected chi connectivity index (χ4v) is 5.88. The van der Waals surface area contributed by atoms with Crippen LogP contribution in [0.5, 0.6) is 5.75 Å². The highest BCUT2D eigenvalue weighted by atomic mass is 19.4. The molecule has 2 aromatic rings. The lowest BCUT2D eigenvalue weighted by Crippen LogP contribution is -2.54. The summed E-state index contributed by atoms with van der Waals surface area (Å²) >= 11 is 0. The highest BCUT2D eigenvalue weighted by Gasteiger charge is 2.42. The molecule has 9 nitrogen and oxygen atoms in total. The Morgan fingerprint density at radius 3 is 2.59 bits per heavy atom. The molecule has 0 saturated carbocycles. The Labute approximate surface area is 224 Å². The number of aromatic nitrogens is 2. The predicted molar refractivity (Wildman–Crippen MR) is 138 cm³/mol. The van der Waals surface area contributed by atoms with Gasteiger partial charge in [0.25, 0.3) is 0 Å². The molecule has 39 heavy (non-hydrogen) atoms. The van der Waals surface area contributed by atoms with Crippen LogP contribution < -0.4 is 15.0 Å². The highest BCUT2D eigenvalue weighted by Crippen LogP contribution is 2.45. The molecule has 4 aliphatic rings. The van der Waals surface area contributed by atoms with Gasteiger partial charge < -0.3 is 24.6 Å². The number of pyridine rings is 2. The number of amides is 1. The predicted octanol–water partition coefficient (Wildman–Crippen LogP) is 3.54. The molecule has 0 bridgehead atoms. The number of piperidine rings is 1. The Balaban J connectivity index is 1.22. The van der Waals surface area contributed by atoms with E-state index in [1.54, 1.807) is 17.2 Å². The van der Waals surface area contributed by atoms with Crippen molar-refractivity contribution in [3.8, 4) is 5.75 Å². The summed E-state index contributed by atoms with van der Waals surface area (Å²) in [6, 6.07) is 3.84. The molecule has 12 heteroatoms.